The molecule has 12 nitrogen and oxygen atoms in total. The van der Waals surface area contributed by atoms with Gasteiger partial charge < -0.3 is 38.5 Å². The Morgan fingerprint density at radius 3 is 2.41 bits per heavy atom. The quantitative estimate of drug-likeness (QED) is 0.172. The van der Waals surface area contributed by atoms with Gasteiger partial charge in [-0.2, -0.15) is 0 Å². The molecule has 46 heavy (non-hydrogen) atoms. The summed E-state index contributed by atoms with van der Waals surface area (Å²) in [6.45, 7) is 7.03. The van der Waals surface area contributed by atoms with Crippen LogP contribution in [-0.2, 0) is 19.1 Å². The van der Waals surface area contributed by atoms with Crippen molar-refractivity contribution in [3.63, 3.8) is 0 Å². The van der Waals surface area contributed by atoms with Crippen LogP contribution in [0, 0.1) is 6.92 Å². The minimum absolute atomic E-state index is 0.171. The average Bonchev–Trinajstić information content (AvgIpc) is 3.54. The normalized spacial score (nSPS) is 14.3. The maximum Gasteiger partial charge on any atom is 0.414 e. The number of methoxy groups -OCH3 is 2. The van der Waals surface area contributed by atoms with Crippen molar-refractivity contribution >= 4 is 62.5 Å². The van der Waals surface area contributed by atoms with Crippen LogP contribution in [0.4, 0.5) is 10.5 Å². The predicted octanol–water partition coefficient (Wildman–Crippen LogP) is 5.59. The number of fused-ring (bicyclic) bond motifs is 3. The zero-order valence-corrected chi connectivity index (χ0v) is 28.7. The number of ether oxygens (including phenoxy) is 5. The van der Waals surface area contributed by atoms with Crippen LogP contribution in [0.25, 0.3) is 17.0 Å². The maximum atomic E-state index is 13.7. The van der Waals surface area contributed by atoms with Crippen molar-refractivity contribution in [2.45, 2.75) is 39.2 Å². The molecule has 0 bridgehead atoms. The highest BCUT2D eigenvalue weighted by Crippen LogP contribution is 2.47. The zero-order valence-electron chi connectivity index (χ0n) is 27.1. The summed E-state index contributed by atoms with van der Waals surface area (Å²) in [5.74, 6) is -0.713. The molecule has 1 aliphatic heterocycles. The molecule has 2 amide bonds. The summed E-state index contributed by atoms with van der Waals surface area (Å²) in [5.41, 5.74) is 2.54. The molecule has 2 heterocycles. The first-order valence-electron chi connectivity index (χ1n) is 14.4. The van der Waals surface area contributed by atoms with Crippen LogP contribution >= 0.6 is 15.9 Å². The molecule has 0 radical (unpaired) electrons. The van der Waals surface area contributed by atoms with Crippen LogP contribution in [0.2, 0.25) is 0 Å². The molecule has 0 saturated heterocycles. The Hall–Kier alpha value is -4.52. The molecule has 0 saturated carbocycles. The van der Waals surface area contributed by atoms with E-state index in [9.17, 15) is 19.2 Å². The standard InChI is InChI=1S/C33H38BrN3O9/c1-18-27(31(40)43-8)29-28-20(15-34)16-37(21(28)14-24(30(29)35-18)45-32(41)36(5)6)25(38)12-10-19-9-11-22(42-7)23(13-19)44-17-26(39)46-33(2,3)4/h9-14,20,35H,15-17H2,1-8H3/b12-10+/t20-/m1/s1. The third-order valence-corrected chi connectivity index (χ3v) is 7.91. The largest absolute Gasteiger partial charge is 0.493 e. The summed E-state index contributed by atoms with van der Waals surface area (Å²) in [6.07, 6.45) is 2.42. The number of aromatic amines is 1. The second-order valence-electron chi connectivity index (χ2n) is 11.9. The first kappa shape index (κ1) is 34.4. The first-order chi connectivity index (χ1) is 21.7. The van der Waals surface area contributed by atoms with Gasteiger partial charge in [-0.25, -0.2) is 14.4 Å². The van der Waals surface area contributed by atoms with Crippen LogP contribution < -0.4 is 19.1 Å². The second-order valence-corrected chi connectivity index (χ2v) is 12.5. The smallest absolute Gasteiger partial charge is 0.414 e. The highest BCUT2D eigenvalue weighted by Gasteiger charge is 2.37. The first-order valence-corrected chi connectivity index (χ1v) is 15.6. The fourth-order valence-electron chi connectivity index (χ4n) is 5.16. The number of benzene rings is 2. The number of carbonyl (C=O) groups is 4. The Bertz CT molecular complexity index is 1700. The second kappa shape index (κ2) is 13.9. The lowest BCUT2D eigenvalue weighted by molar-refractivity contribution is -0.157. The number of aryl methyl sites for hydroxylation is 1. The minimum Gasteiger partial charge on any atom is -0.493 e. The lowest BCUT2D eigenvalue weighted by Crippen LogP contribution is -2.28. The Morgan fingerprint density at radius 2 is 1.80 bits per heavy atom. The van der Waals surface area contributed by atoms with Crippen molar-refractivity contribution in [3.05, 3.63) is 52.7 Å². The molecule has 0 spiro atoms. The van der Waals surface area contributed by atoms with Gasteiger partial charge in [0.15, 0.2) is 23.9 Å². The van der Waals surface area contributed by atoms with Crippen LogP contribution in [0.15, 0.2) is 30.3 Å². The minimum atomic E-state index is -0.654. The molecule has 0 fully saturated rings. The van der Waals surface area contributed by atoms with Gasteiger partial charge in [0.05, 0.1) is 31.0 Å². The number of alkyl halides is 1. The Kier molecular flexibility index (Phi) is 10.3. The molecule has 3 aromatic rings. The summed E-state index contributed by atoms with van der Waals surface area (Å²) in [6, 6.07) is 6.71. The van der Waals surface area contributed by atoms with Crippen molar-refractivity contribution in [1.82, 2.24) is 9.88 Å². The van der Waals surface area contributed by atoms with Crippen molar-refractivity contribution in [2.75, 3.05) is 51.7 Å². The number of H-pyrrole nitrogens is 1. The highest BCUT2D eigenvalue weighted by atomic mass is 79.9. The number of hydrogen-bond donors (Lipinski definition) is 1. The van der Waals surface area contributed by atoms with Gasteiger partial charge in [0.2, 0.25) is 0 Å². The fourth-order valence-corrected chi connectivity index (χ4v) is 5.69. The van der Waals surface area contributed by atoms with Gasteiger partial charge >= 0.3 is 18.0 Å². The number of carbonyl (C=O) groups excluding carboxylic acids is 4. The van der Waals surface area contributed by atoms with E-state index in [4.69, 9.17) is 23.7 Å². The zero-order chi connectivity index (χ0) is 33.9. The van der Waals surface area contributed by atoms with E-state index in [0.717, 1.165) is 5.56 Å². The molecular formula is C33H38BrN3O9. The van der Waals surface area contributed by atoms with Gasteiger partial charge in [-0.15, -0.1) is 0 Å². The lowest BCUT2D eigenvalue weighted by Gasteiger charge is -2.20. The number of amides is 2. The number of rotatable bonds is 9. The average molecular weight is 701 g/mol. The molecule has 1 aliphatic rings. The number of nitrogens with one attached hydrogen (secondary N) is 1. The van der Waals surface area contributed by atoms with E-state index in [1.807, 2.05) is 0 Å². The Balaban J connectivity index is 1.71. The van der Waals surface area contributed by atoms with E-state index in [1.165, 1.54) is 25.2 Å². The topological polar surface area (TPSA) is 137 Å². The summed E-state index contributed by atoms with van der Waals surface area (Å²) >= 11 is 3.58. The summed E-state index contributed by atoms with van der Waals surface area (Å²) in [5, 5.41) is 1.04. The van der Waals surface area contributed by atoms with Gasteiger partial charge in [0.25, 0.3) is 5.91 Å². The summed E-state index contributed by atoms with van der Waals surface area (Å²) in [7, 11) is 5.90. The summed E-state index contributed by atoms with van der Waals surface area (Å²) in [4.78, 5) is 57.5. The van der Waals surface area contributed by atoms with E-state index in [2.05, 4.69) is 20.9 Å². The van der Waals surface area contributed by atoms with E-state index < -0.39 is 23.6 Å². The van der Waals surface area contributed by atoms with Gasteiger partial charge in [-0.1, -0.05) is 22.0 Å². The summed E-state index contributed by atoms with van der Waals surface area (Å²) < 4.78 is 27.2. The number of nitrogens with zero attached hydrogens (tertiary/aromatic N) is 2. The van der Waals surface area contributed by atoms with E-state index >= 15 is 0 Å². The number of halogens is 1. The van der Waals surface area contributed by atoms with E-state index in [-0.39, 0.29) is 24.2 Å². The van der Waals surface area contributed by atoms with E-state index in [0.29, 0.717) is 56.8 Å². The molecule has 1 atom stereocenters. The monoisotopic (exact) mass is 699 g/mol. The molecule has 13 heteroatoms. The third-order valence-electron chi connectivity index (χ3n) is 7.12. The molecule has 2 aromatic carbocycles. The molecule has 0 aliphatic carbocycles. The van der Waals surface area contributed by atoms with Gasteiger partial charge in [-0.05, 0) is 57.0 Å². The molecule has 1 N–H and O–H groups in total. The van der Waals surface area contributed by atoms with E-state index in [1.54, 1.807) is 77.0 Å². The number of esters is 2. The van der Waals surface area contributed by atoms with Gasteiger partial charge in [-0.3, -0.25) is 4.79 Å². The number of hydrogen-bond acceptors (Lipinski definition) is 9. The predicted molar refractivity (Wildman–Crippen MR) is 176 cm³/mol. The van der Waals surface area contributed by atoms with Gasteiger partial charge in [0, 0.05) is 55.1 Å². The van der Waals surface area contributed by atoms with Crippen molar-refractivity contribution in [1.29, 1.82) is 0 Å². The molecule has 0 unspecified atom stereocenters. The van der Waals surface area contributed by atoms with Crippen LogP contribution in [-0.4, -0.2) is 86.2 Å². The van der Waals surface area contributed by atoms with Crippen molar-refractivity contribution in [3.8, 4) is 17.2 Å². The molecular weight excluding hydrogens is 662 g/mol. The van der Waals surface area contributed by atoms with Gasteiger partial charge in [0.1, 0.15) is 5.60 Å². The van der Waals surface area contributed by atoms with Crippen molar-refractivity contribution < 1.29 is 42.9 Å². The third kappa shape index (κ3) is 7.30. The van der Waals surface area contributed by atoms with Crippen LogP contribution in [0.3, 0.4) is 0 Å². The Labute approximate surface area is 275 Å². The molecule has 1 aromatic heterocycles. The Morgan fingerprint density at radius 1 is 1.09 bits per heavy atom. The SMILES string of the molecule is COC(=O)c1c(C)[nH]c2c(OC(=O)N(C)C)cc3c(c12)[C@H](CBr)CN3C(=O)/C=C/c1ccc(OC)c(OCC(=O)OC(C)(C)C)c1. The van der Waals surface area contributed by atoms with Crippen LogP contribution in [0.5, 0.6) is 17.2 Å². The molecule has 246 valence electrons. The van der Waals surface area contributed by atoms with Crippen molar-refractivity contribution in [2.24, 2.45) is 0 Å². The van der Waals surface area contributed by atoms with Crippen LogP contribution in [0.1, 0.15) is 53.9 Å². The number of aromatic nitrogens is 1. The number of anilines is 1. The fraction of sp³-hybridized carbons (Fsp3) is 0.394. The maximum absolute atomic E-state index is 13.7. The highest BCUT2D eigenvalue weighted by molar-refractivity contribution is 9.09. The molecule has 4 rings (SSSR count). The lowest BCUT2D eigenvalue weighted by atomic mass is 9.95.